The van der Waals surface area contributed by atoms with Gasteiger partial charge in [-0.25, -0.2) is 0 Å². The molecule has 0 saturated heterocycles. The largest absolute Gasteiger partial charge is 0.481 e. The van der Waals surface area contributed by atoms with Gasteiger partial charge in [-0.05, 0) is 18.3 Å². The van der Waals surface area contributed by atoms with Crippen LogP contribution in [-0.4, -0.2) is 17.1 Å². The molecule has 0 amide bonds. The quantitative estimate of drug-likeness (QED) is 0.661. The maximum atomic E-state index is 10.4. The predicted molar refractivity (Wildman–Crippen MR) is 51.4 cm³/mol. The number of carboxylic acids is 1. The highest BCUT2D eigenvalue weighted by Crippen LogP contribution is 2.35. The standard InChI is InChI=1S/C10H19NO2/c1-7(2-3-8-4-5-8)9(11)6-10(12)13/h7-9H,2-6,11H2,1H3,(H,12,13). The predicted octanol–water partition coefficient (Wildman–Crippen LogP) is 1.61. The number of hydrogen-bond donors (Lipinski definition) is 2. The van der Waals surface area contributed by atoms with Crippen LogP contribution in [0.1, 0.15) is 39.0 Å². The van der Waals surface area contributed by atoms with Gasteiger partial charge in [0.15, 0.2) is 0 Å². The Bertz CT molecular complexity index is 178. The fraction of sp³-hybridized carbons (Fsp3) is 0.900. The van der Waals surface area contributed by atoms with Gasteiger partial charge in [0.1, 0.15) is 0 Å². The SMILES string of the molecule is CC(CCC1CC1)C(N)CC(=O)O. The third kappa shape index (κ3) is 4.27. The maximum absolute atomic E-state index is 10.4. The van der Waals surface area contributed by atoms with Gasteiger partial charge in [0.05, 0.1) is 6.42 Å². The first-order valence-corrected chi connectivity index (χ1v) is 5.07. The van der Waals surface area contributed by atoms with E-state index in [2.05, 4.69) is 6.92 Å². The number of rotatable bonds is 6. The van der Waals surface area contributed by atoms with Gasteiger partial charge in [-0.3, -0.25) is 4.79 Å². The second-order valence-corrected chi connectivity index (χ2v) is 4.26. The molecule has 1 saturated carbocycles. The zero-order chi connectivity index (χ0) is 9.84. The Hall–Kier alpha value is -0.570. The molecule has 1 fully saturated rings. The van der Waals surface area contributed by atoms with Gasteiger partial charge in [-0.15, -0.1) is 0 Å². The Balaban J connectivity index is 2.11. The number of aliphatic carboxylic acids is 1. The highest BCUT2D eigenvalue weighted by molar-refractivity contribution is 5.67. The van der Waals surface area contributed by atoms with E-state index in [1.54, 1.807) is 0 Å². The van der Waals surface area contributed by atoms with E-state index in [4.69, 9.17) is 10.8 Å². The molecule has 0 heterocycles. The summed E-state index contributed by atoms with van der Waals surface area (Å²) in [5.41, 5.74) is 5.74. The molecule has 1 aliphatic rings. The number of carboxylic acid groups (broad SMARTS) is 1. The summed E-state index contributed by atoms with van der Waals surface area (Å²) in [6.07, 6.45) is 5.14. The zero-order valence-electron chi connectivity index (χ0n) is 8.20. The molecule has 1 aliphatic carbocycles. The average molecular weight is 185 g/mol. The van der Waals surface area contributed by atoms with E-state index in [0.29, 0.717) is 5.92 Å². The van der Waals surface area contributed by atoms with Crippen molar-refractivity contribution in [2.24, 2.45) is 17.6 Å². The molecule has 0 spiro atoms. The van der Waals surface area contributed by atoms with E-state index in [1.807, 2.05) is 0 Å². The first-order chi connectivity index (χ1) is 6.09. The van der Waals surface area contributed by atoms with Crippen LogP contribution in [0.2, 0.25) is 0 Å². The summed E-state index contributed by atoms with van der Waals surface area (Å²) in [6, 6.07) is -0.170. The number of nitrogens with two attached hydrogens (primary N) is 1. The Morgan fingerprint density at radius 2 is 2.23 bits per heavy atom. The number of hydrogen-bond acceptors (Lipinski definition) is 2. The monoisotopic (exact) mass is 185 g/mol. The minimum absolute atomic E-state index is 0.103. The molecule has 3 N–H and O–H groups in total. The normalized spacial score (nSPS) is 21.1. The lowest BCUT2D eigenvalue weighted by atomic mass is 9.94. The highest BCUT2D eigenvalue weighted by Gasteiger charge is 2.23. The molecule has 0 bridgehead atoms. The molecule has 0 aromatic carbocycles. The van der Waals surface area contributed by atoms with E-state index in [0.717, 1.165) is 12.3 Å². The van der Waals surface area contributed by atoms with Crippen LogP contribution in [0.4, 0.5) is 0 Å². The first-order valence-electron chi connectivity index (χ1n) is 5.07. The Morgan fingerprint density at radius 3 is 2.69 bits per heavy atom. The van der Waals surface area contributed by atoms with Crippen LogP contribution in [0, 0.1) is 11.8 Å². The molecule has 2 atom stereocenters. The Kier molecular flexibility index (Phi) is 3.72. The van der Waals surface area contributed by atoms with Crippen LogP contribution in [0.3, 0.4) is 0 Å². The lowest BCUT2D eigenvalue weighted by Crippen LogP contribution is -2.30. The minimum atomic E-state index is -0.786. The zero-order valence-corrected chi connectivity index (χ0v) is 8.20. The second-order valence-electron chi connectivity index (χ2n) is 4.26. The van der Waals surface area contributed by atoms with Crippen molar-refractivity contribution >= 4 is 5.97 Å². The first kappa shape index (κ1) is 10.5. The van der Waals surface area contributed by atoms with Crippen molar-refractivity contribution in [3.63, 3.8) is 0 Å². The molecule has 2 unspecified atom stereocenters. The Labute approximate surface area is 79.3 Å². The fourth-order valence-electron chi connectivity index (χ4n) is 1.52. The minimum Gasteiger partial charge on any atom is -0.481 e. The maximum Gasteiger partial charge on any atom is 0.304 e. The molecule has 0 aromatic rings. The van der Waals surface area contributed by atoms with Crippen molar-refractivity contribution in [3.8, 4) is 0 Å². The molecule has 1 rings (SSSR count). The lowest BCUT2D eigenvalue weighted by Gasteiger charge is -2.17. The molecule has 0 aromatic heterocycles. The third-order valence-electron chi connectivity index (χ3n) is 2.87. The molecular formula is C10H19NO2. The number of carbonyl (C=O) groups is 1. The van der Waals surface area contributed by atoms with E-state index >= 15 is 0 Å². The second kappa shape index (κ2) is 4.61. The summed E-state index contributed by atoms with van der Waals surface area (Å²) in [5, 5.41) is 8.54. The molecule has 13 heavy (non-hydrogen) atoms. The summed E-state index contributed by atoms with van der Waals surface area (Å²) in [6.45, 7) is 2.05. The van der Waals surface area contributed by atoms with Crippen LogP contribution < -0.4 is 5.73 Å². The summed E-state index contributed by atoms with van der Waals surface area (Å²) in [5.74, 6) is 0.474. The molecule has 0 radical (unpaired) electrons. The van der Waals surface area contributed by atoms with Gasteiger partial charge < -0.3 is 10.8 Å². The van der Waals surface area contributed by atoms with E-state index in [9.17, 15) is 4.79 Å². The van der Waals surface area contributed by atoms with Crippen molar-refractivity contribution in [1.29, 1.82) is 0 Å². The fourth-order valence-corrected chi connectivity index (χ4v) is 1.52. The van der Waals surface area contributed by atoms with Crippen molar-refractivity contribution in [3.05, 3.63) is 0 Å². The van der Waals surface area contributed by atoms with Crippen LogP contribution >= 0.6 is 0 Å². The lowest BCUT2D eigenvalue weighted by molar-refractivity contribution is -0.137. The van der Waals surface area contributed by atoms with E-state index in [1.165, 1.54) is 19.3 Å². The summed E-state index contributed by atoms with van der Waals surface area (Å²) < 4.78 is 0. The molecule has 3 nitrogen and oxygen atoms in total. The highest BCUT2D eigenvalue weighted by atomic mass is 16.4. The van der Waals surface area contributed by atoms with Gasteiger partial charge in [-0.1, -0.05) is 26.2 Å². The van der Waals surface area contributed by atoms with Gasteiger partial charge in [0.2, 0.25) is 0 Å². The van der Waals surface area contributed by atoms with E-state index in [-0.39, 0.29) is 12.5 Å². The van der Waals surface area contributed by atoms with Crippen molar-refractivity contribution < 1.29 is 9.90 Å². The summed E-state index contributed by atoms with van der Waals surface area (Å²) >= 11 is 0. The topological polar surface area (TPSA) is 63.3 Å². The van der Waals surface area contributed by atoms with Crippen molar-refractivity contribution in [2.75, 3.05) is 0 Å². The summed E-state index contributed by atoms with van der Waals surface area (Å²) in [7, 11) is 0. The van der Waals surface area contributed by atoms with Crippen LogP contribution in [0.15, 0.2) is 0 Å². The average Bonchev–Trinajstić information content (AvgIpc) is 2.81. The van der Waals surface area contributed by atoms with E-state index < -0.39 is 5.97 Å². The summed E-state index contributed by atoms with van der Waals surface area (Å²) in [4.78, 5) is 10.4. The molecular weight excluding hydrogens is 166 g/mol. The Morgan fingerprint density at radius 1 is 1.62 bits per heavy atom. The molecule has 3 heteroatoms. The third-order valence-corrected chi connectivity index (χ3v) is 2.87. The van der Waals surface area contributed by atoms with Crippen molar-refractivity contribution in [1.82, 2.24) is 0 Å². The van der Waals surface area contributed by atoms with Gasteiger partial charge >= 0.3 is 5.97 Å². The smallest absolute Gasteiger partial charge is 0.304 e. The van der Waals surface area contributed by atoms with Gasteiger partial charge in [0, 0.05) is 6.04 Å². The van der Waals surface area contributed by atoms with Crippen LogP contribution in [-0.2, 0) is 4.79 Å². The molecule has 0 aliphatic heterocycles. The van der Waals surface area contributed by atoms with Gasteiger partial charge in [0.25, 0.3) is 0 Å². The van der Waals surface area contributed by atoms with Crippen molar-refractivity contribution in [2.45, 2.75) is 45.1 Å². The van der Waals surface area contributed by atoms with Gasteiger partial charge in [-0.2, -0.15) is 0 Å². The van der Waals surface area contributed by atoms with Crippen LogP contribution in [0.25, 0.3) is 0 Å². The van der Waals surface area contributed by atoms with Crippen LogP contribution in [0.5, 0.6) is 0 Å². The molecule has 76 valence electrons.